The lowest BCUT2D eigenvalue weighted by Crippen LogP contribution is -2.02. The van der Waals surface area contributed by atoms with E-state index >= 15 is 0 Å². The van der Waals surface area contributed by atoms with Gasteiger partial charge in [-0.2, -0.15) is 0 Å². The molecule has 1 aliphatic heterocycles. The fraction of sp³-hybridized carbons (Fsp3) is 0. The average Bonchev–Trinajstić information content (AvgIpc) is 2.60. The van der Waals surface area contributed by atoms with Crippen molar-refractivity contribution in [1.29, 1.82) is 0 Å². The number of rotatable bonds is 1. The quantitative estimate of drug-likeness (QED) is 0.829. The highest BCUT2D eigenvalue weighted by Crippen LogP contribution is 2.26. The average molecular weight is 363 g/mol. The molecular formula is C10H9Br2N3S. The van der Waals surface area contributed by atoms with E-state index in [1.807, 2.05) is 30.3 Å². The minimum absolute atomic E-state index is 0. The third-order valence-electron chi connectivity index (χ3n) is 1.74. The van der Waals surface area contributed by atoms with Gasteiger partial charge in [-0.15, -0.1) is 17.0 Å². The molecule has 1 aromatic carbocycles. The van der Waals surface area contributed by atoms with Crippen molar-refractivity contribution in [3.05, 3.63) is 41.0 Å². The second-order valence-electron chi connectivity index (χ2n) is 2.80. The van der Waals surface area contributed by atoms with E-state index in [-0.39, 0.29) is 17.0 Å². The van der Waals surface area contributed by atoms with E-state index in [4.69, 9.17) is 5.73 Å². The summed E-state index contributed by atoms with van der Waals surface area (Å²) in [5.41, 5.74) is 7.28. The van der Waals surface area contributed by atoms with Crippen LogP contribution in [-0.2, 0) is 0 Å². The first-order valence-corrected chi connectivity index (χ1v) is 5.99. The first-order valence-electron chi connectivity index (χ1n) is 4.26. The van der Waals surface area contributed by atoms with Crippen molar-refractivity contribution in [3.63, 3.8) is 0 Å². The summed E-state index contributed by atoms with van der Waals surface area (Å²) in [5, 5.41) is 1.34. The van der Waals surface area contributed by atoms with Crippen LogP contribution in [0.15, 0.2) is 51.0 Å². The maximum absolute atomic E-state index is 5.62. The van der Waals surface area contributed by atoms with E-state index < -0.39 is 0 Å². The van der Waals surface area contributed by atoms with Crippen LogP contribution in [0.3, 0.4) is 0 Å². The smallest absolute Gasteiger partial charge is 0.165 e. The van der Waals surface area contributed by atoms with Crippen LogP contribution in [0.5, 0.6) is 0 Å². The van der Waals surface area contributed by atoms with Crippen molar-refractivity contribution >= 4 is 60.6 Å². The van der Waals surface area contributed by atoms with Crippen molar-refractivity contribution in [1.82, 2.24) is 0 Å². The number of aliphatic imine (C=N–C) groups is 2. The van der Waals surface area contributed by atoms with Crippen molar-refractivity contribution in [2.75, 3.05) is 0 Å². The zero-order chi connectivity index (χ0) is 10.7. The van der Waals surface area contributed by atoms with Crippen molar-refractivity contribution in [2.45, 2.75) is 0 Å². The van der Waals surface area contributed by atoms with Crippen LogP contribution < -0.4 is 5.73 Å². The van der Waals surface area contributed by atoms with E-state index in [1.165, 1.54) is 11.8 Å². The zero-order valence-electron chi connectivity index (χ0n) is 8.13. The fourth-order valence-corrected chi connectivity index (χ4v) is 2.28. The Morgan fingerprint density at radius 2 is 2.00 bits per heavy atom. The molecule has 2 rings (SSSR count). The predicted molar refractivity (Wildman–Crippen MR) is 80.1 cm³/mol. The van der Waals surface area contributed by atoms with Gasteiger partial charge in [0.2, 0.25) is 0 Å². The van der Waals surface area contributed by atoms with Gasteiger partial charge in [0.15, 0.2) is 5.17 Å². The van der Waals surface area contributed by atoms with E-state index in [1.54, 1.807) is 4.99 Å². The van der Waals surface area contributed by atoms with Gasteiger partial charge in [-0.3, -0.25) is 0 Å². The third-order valence-corrected chi connectivity index (χ3v) is 2.97. The molecular weight excluding hydrogens is 354 g/mol. The van der Waals surface area contributed by atoms with Crippen LogP contribution in [0.25, 0.3) is 0 Å². The van der Waals surface area contributed by atoms with Gasteiger partial charge in [-0.05, 0) is 23.9 Å². The van der Waals surface area contributed by atoms with Gasteiger partial charge in [0.1, 0.15) is 10.7 Å². The van der Waals surface area contributed by atoms with Gasteiger partial charge in [0, 0.05) is 4.99 Å². The molecule has 0 atom stereocenters. The molecule has 0 unspecified atom stereocenters. The first kappa shape index (κ1) is 13.5. The van der Waals surface area contributed by atoms with Crippen LogP contribution >= 0.6 is 44.7 Å². The highest BCUT2D eigenvalue weighted by Gasteiger charge is 2.17. The summed E-state index contributed by atoms with van der Waals surface area (Å²) in [5.74, 6) is 0. The molecule has 0 saturated heterocycles. The number of benzene rings is 1. The molecule has 0 fully saturated rings. The van der Waals surface area contributed by atoms with E-state index in [0.29, 0.717) is 5.17 Å². The first-order chi connectivity index (χ1) is 7.29. The minimum Gasteiger partial charge on any atom is -0.378 e. The molecule has 3 nitrogen and oxygen atoms in total. The number of nitrogens with zero attached hydrogens (tertiary/aromatic N) is 2. The van der Waals surface area contributed by atoms with Gasteiger partial charge >= 0.3 is 0 Å². The Morgan fingerprint density at radius 3 is 2.62 bits per heavy atom. The fourth-order valence-electron chi connectivity index (χ4n) is 1.11. The maximum atomic E-state index is 5.62. The predicted octanol–water partition coefficient (Wildman–Crippen LogP) is 3.59. The van der Waals surface area contributed by atoms with Crippen LogP contribution in [0, 0.1) is 0 Å². The normalized spacial score (nSPS) is 19.7. The molecule has 0 aliphatic carbocycles. The SMILES string of the molecule is Br.NC1=NC(=CBr)C(=Nc2ccccc2)S1. The lowest BCUT2D eigenvalue weighted by Gasteiger charge is -1.96. The molecule has 0 spiro atoms. The molecule has 0 amide bonds. The molecule has 16 heavy (non-hydrogen) atoms. The van der Waals surface area contributed by atoms with Crippen LogP contribution in [-0.4, -0.2) is 10.2 Å². The van der Waals surface area contributed by atoms with Crippen molar-refractivity contribution in [3.8, 4) is 0 Å². The number of halogens is 2. The number of thioether (sulfide) groups is 1. The van der Waals surface area contributed by atoms with E-state index in [0.717, 1.165) is 16.4 Å². The summed E-state index contributed by atoms with van der Waals surface area (Å²) in [6.45, 7) is 0. The number of para-hydroxylation sites is 1. The van der Waals surface area contributed by atoms with Crippen molar-refractivity contribution < 1.29 is 0 Å². The van der Waals surface area contributed by atoms with E-state index in [2.05, 4.69) is 25.9 Å². The Hall–Kier alpha value is -0.590. The zero-order valence-corrected chi connectivity index (χ0v) is 12.2. The molecule has 1 heterocycles. The van der Waals surface area contributed by atoms with Crippen LogP contribution in [0.2, 0.25) is 0 Å². The summed E-state index contributed by atoms with van der Waals surface area (Å²) in [7, 11) is 0. The second kappa shape index (κ2) is 6.22. The highest BCUT2D eigenvalue weighted by molar-refractivity contribution is 9.11. The van der Waals surface area contributed by atoms with Crippen LogP contribution in [0.4, 0.5) is 5.69 Å². The molecule has 2 N–H and O–H groups in total. The lowest BCUT2D eigenvalue weighted by molar-refractivity contribution is 1.46. The maximum Gasteiger partial charge on any atom is 0.165 e. The Bertz CT molecular complexity index is 454. The summed E-state index contributed by atoms with van der Waals surface area (Å²) in [6.07, 6.45) is 0. The summed E-state index contributed by atoms with van der Waals surface area (Å²) >= 11 is 4.61. The highest BCUT2D eigenvalue weighted by atomic mass is 79.9. The standard InChI is InChI=1S/C10H8BrN3S.BrH/c11-6-8-9(15-10(12)14-8)13-7-4-2-1-3-5-7;/h1-6H,(H2,12,14);1H. The molecule has 0 aromatic heterocycles. The molecule has 6 heteroatoms. The Balaban J connectivity index is 0.00000128. The summed E-state index contributed by atoms with van der Waals surface area (Å²) in [4.78, 5) is 10.3. The summed E-state index contributed by atoms with van der Waals surface area (Å²) in [6, 6.07) is 9.72. The molecule has 0 bridgehead atoms. The second-order valence-corrected chi connectivity index (χ2v) is 4.27. The van der Waals surface area contributed by atoms with Gasteiger partial charge in [-0.25, -0.2) is 9.98 Å². The van der Waals surface area contributed by atoms with E-state index in [9.17, 15) is 0 Å². The molecule has 0 radical (unpaired) electrons. The van der Waals surface area contributed by atoms with Gasteiger partial charge in [-0.1, -0.05) is 34.1 Å². The number of nitrogens with two attached hydrogens (primary N) is 1. The third kappa shape index (κ3) is 3.20. The van der Waals surface area contributed by atoms with Gasteiger partial charge < -0.3 is 5.73 Å². The monoisotopic (exact) mass is 361 g/mol. The van der Waals surface area contributed by atoms with Crippen LogP contribution in [0.1, 0.15) is 0 Å². The van der Waals surface area contributed by atoms with Gasteiger partial charge in [0.05, 0.1) is 5.69 Å². The molecule has 1 aliphatic rings. The Morgan fingerprint density at radius 1 is 1.31 bits per heavy atom. The Labute approximate surface area is 117 Å². The Kier molecular flexibility index (Phi) is 5.24. The van der Waals surface area contributed by atoms with Crippen molar-refractivity contribution in [2.24, 2.45) is 15.7 Å². The largest absolute Gasteiger partial charge is 0.378 e. The minimum atomic E-state index is 0. The molecule has 1 aromatic rings. The number of amidine groups is 1. The topological polar surface area (TPSA) is 50.7 Å². The molecule has 0 saturated carbocycles. The van der Waals surface area contributed by atoms with Gasteiger partial charge in [0.25, 0.3) is 0 Å². The summed E-state index contributed by atoms with van der Waals surface area (Å²) < 4.78 is 0. The molecule has 84 valence electrons. The lowest BCUT2D eigenvalue weighted by atomic mass is 10.3. The number of hydrogen-bond acceptors (Lipinski definition) is 4. The number of hydrogen-bond donors (Lipinski definition) is 1.